The number of benzene rings is 2. The maximum Gasteiger partial charge on any atom is 0.416 e. The minimum atomic E-state index is -4.46. The molecule has 2 aromatic carbocycles. The molecule has 0 aliphatic carbocycles. The molecule has 9 heteroatoms. The summed E-state index contributed by atoms with van der Waals surface area (Å²) in [7, 11) is 0. The highest BCUT2D eigenvalue weighted by atomic mass is 19.4. The molecule has 0 bridgehead atoms. The van der Waals surface area contributed by atoms with E-state index in [1.54, 1.807) is 0 Å². The molecular formula is C21H20F3N3O3. The highest BCUT2D eigenvalue weighted by Gasteiger charge is 2.30. The number of ether oxygens (including phenoxy) is 1. The van der Waals surface area contributed by atoms with Crippen molar-refractivity contribution in [1.29, 1.82) is 0 Å². The van der Waals surface area contributed by atoms with Gasteiger partial charge in [-0.2, -0.15) is 18.2 Å². The van der Waals surface area contributed by atoms with Crippen molar-refractivity contribution in [2.45, 2.75) is 32.4 Å². The summed E-state index contributed by atoms with van der Waals surface area (Å²) < 4.78 is 49.0. The Hall–Kier alpha value is -3.36. The van der Waals surface area contributed by atoms with Crippen molar-refractivity contribution >= 4 is 11.6 Å². The van der Waals surface area contributed by atoms with Crippen LogP contribution in [-0.2, 0) is 17.4 Å². The zero-order chi connectivity index (χ0) is 21.6. The van der Waals surface area contributed by atoms with Crippen molar-refractivity contribution in [2.75, 3.05) is 11.9 Å². The number of amides is 1. The Balaban J connectivity index is 1.53. The van der Waals surface area contributed by atoms with Gasteiger partial charge in [0.25, 0.3) is 0 Å². The van der Waals surface area contributed by atoms with Crippen molar-refractivity contribution < 1.29 is 27.2 Å². The Kier molecular flexibility index (Phi) is 6.71. The number of alkyl halides is 3. The molecule has 0 radical (unpaired) electrons. The number of para-hydroxylation sites is 1. The van der Waals surface area contributed by atoms with E-state index in [0.29, 0.717) is 42.5 Å². The van der Waals surface area contributed by atoms with Crippen LogP contribution in [0.1, 0.15) is 31.2 Å². The lowest BCUT2D eigenvalue weighted by Gasteiger charge is -2.09. The fourth-order valence-electron chi connectivity index (χ4n) is 2.80. The van der Waals surface area contributed by atoms with Crippen LogP contribution < -0.4 is 10.1 Å². The molecule has 0 aliphatic heterocycles. The van der Waals surface area contributed by atoms with Crippen LogP contribution in [0.5, 0.6) is 5.75 Å². The zero-order valence-electron chi connectivity index (χ0n) is 16.2. The molecule has 0 saturated carbocycles. The smallest absolute Gasteiger partial charge is 0.416 e. The molecule has 3 aromatic rings. The van der Waals surface area contributed by atoms with E-state index in [0.717, 1.165) is 12.1 Å². The van der Waals surface area contributed by atoms with Crippen molar-refractivity contribution in [2.24, 2.45) is 0 Å². The first-order chi connectivity index (χ1) is 14.4. The van der Waals surface area contributed by atoms with Crippen LogP contribution in [0, 0.1) is 0 Å². The van der Waals surface area contributed by atoms with E-state index >= 15 is 0 Å². The van der Waals surface area contributed by atoms with Crippen LogP contribution in [0.2, 0.25) is 0 Å². The maximum atomic E-state index is 12.7. The number of hydrogen-bond acceptors (Lipinski definition) is 5. The molecule has 0 atom stereocenters. The van der Waals surface area contributed by atoms with E-state index < -0.39 is 17.6 Å². The van der Waals surface area contributed by atoms with Gasteiger partial charge in [0, 0.05) is 18.5 Å². The van der Waals surface area contributed by atoms with Gasteiger partial charge < -0.3 is 14.6 Å². The fraction of sp³-hybridized carbons (Fsp3) is 0.286. The number of anilines is 1. The molecule has 0 spiro atoms. The van der Waals surface area contributed by atoms with Crippen LogP contribution in [0.4, 0.5) is 18.9 Å². The Morgan fingerprint density at radius 2 is 1.97 bits per heavy atom. The number of nitrogens with one attached hydrogen (secondary N) is 1. The molecule has 1 heterocycles. The van der Waals surface area contributed by atoms with E-state index in [4.69, 9.17) is 9.26 Å². The lowest BCUT2D eigenvalue weighted by molar-refractivity contribution is -0.137. The van der Waals surface area contributed by atoms with Gasteiger partial charge in [0.1, 0.15) is 5.75 Å². The SMILES string of the molecule is CCOc1ccccc1-c1noc(CCCC(=O)Nc2cccc(C(F)(F)F)c2)n1. The molecule has 1 aromatic heterocycles. The van der Waals surface area contributed by atoms with Gasteiger partial charge in [0.05, 0.1) is 17.7 Å². The largest absolute Gasteiger partial charge is 0.493 e. The Morgan fingerprint density at radius 1 is 1.17 bits per heavy atom. The summed E-state index contributed by atoms with van der Waals surface area (Å²) in [6.07, 6.45) is -3.60. The van der Waals surface area contributed by atoms with Crippen LogP contribution in [0.25, 0.3) is 11.4 Å². The third-order valence-electron chi connectivity index (χ3n) is 4.16. The molecule has 6 nitrogen and oxygen atoms in total. The van der Waals surface area contributed by atoms with E-state index in [9.17, 15) is 18.0 Å². The number of carbonyl (C=O) groups is 1. The monoisotopic (exact) mass is 419 g/mol. The fourth-order valence-corrected chi connectivity index (χ4v) is 2.80. The lowest BCUT2D eigenvalue weighted by Crippen LogP contribution is -2.13. The number of halogens is 3. The average molecular weight is 419 g/mol. The van der Waals surface area contributed by atoms with Gasteiger partial charge in [-0.1, -0.05) is 23.4 Å². The highest BCUT2D eigenvalue weighted by Crippen LogP contribution is 2.31. The first-order valence-corrected chi connectivity index (χ1v) is 9.38. The second kappa shape index (κ2) is 9.43. The summed E-state index contributed by atoms with van der Waals surface area (Å²) in [5.41, 5.74) is -0.00917. The minimum absolute atomic E-state index is 0.0995. The van der Waals surface area contributed by atoms with E-state index in [-0.39, 0.29) is 12.1 Å². The zero-order valence-corrected chi connectivity index (χ0v) is 16.2. The van der Waals surface area contributed by atoms with E-state index in [1.807, 2.05) is 31.2 Å². The molecule has 0 fully saturated rings. The number of aryl methyl sites for hydroxylation is 1. The Labute approximate surface area is 171 Å². The van der Waals surface area contributed by atoms with E-state index in [2.05, 4.69) is 15.5 Å². The molecule has 30 heavy (non-hydrogen) atoms. The number of rotatable bonds is 8. The quantitative estimate of drug-likeness (QED) is 0.549. The third kappa shape index (κ3) is 5.59. The summed E-state index contributed by atoms with van der Waals surface area (Å²) in [6, 6.07) is 11.8. The second-order valence-electron chi connectivity index (χ2n) is 6.42. The van der Waals surface area contributed by atoms with Gasteiger partial charge in [-0.15, -0.1) is 0 Å². The van der Waals surface area contributed by atoms with Gasteiger partial charge in [-0.3, -0.25) is 4.79 Å². The first kappa shape index (κ1) is 21.4. The number of hydrogen-bond donors (Lipinski definition) is 1. The van der Waals surface area contributed by atoms with Crippen molar-refractivity contribution in [3.63, 3.8) is 0 Å². The van der Waals surface area contributed by atoms with Crippen LogP contribution >= 0.6 is 0 Å². The summed E-state index contributed by atoms with van der Waals surface area (Å²) in [5.74, 6) is 1.01. The standard InChI is InChI=1S/C21H20F3N3O3/c1-2-29-17-10-4-3-9-16(17)20-26-19(30-27-20)12-6-11-18(28)25-15-8-5-7-14(13-15)21(22,23)24/h3-5,7-10,13H,2,6,11-12H2,1H3,(H,25,28). The minimum Gasteiger partial charge on any atom is -0.493 e. The van der Waals surface area contributed by atoms with Gasteiger partial charge >= 0.3 is 6.18 Å². The van der Waals surface area contributed by atoms with Crippen LogP contribution in [0.15, 0.2) is 53.1 Å². The lowest BCUT2D eigenvalue weighted by atomic mass is 10.2. The van der Waals surface area contributed by atoms with Crippen LogP contribution in [-0.4, -0.2) is 22.7 Å². The van der Waals surface area contributed by atoms with E-state index in [1.165, 1.54) is 12.1 Å². The van der Waals surface area contributed by atoms with Crippen molar-refractivity contribution in [1.82, 2.24) is 10.1 Å². The maximum absolute atomic E-state index is 12.7. The Morgan fingerprint density at radius 3 is 2.73 bits per heavy atom. The van der Waals surface area contributed by atoms with Crippen molar-refractivity contribution in [3.05, 3.63) is 60.0 Å². The van der Waals surface area contributed by atoms with Crippen molar-refractivity contribution in [3.8, 4) is 17.1 Å². The number of carbonyl (C=O) groups excluding carboxylic acids is 1. The summed E-state index contributed by atoms with van der Waals surface area (Å²) in [5, 5.41) is 6.43. The van der Waals surface area contributed by atoms with Gasteiger partial charge in [-0.05, 0) is 43.7 Å². The molecular weight excluding hydrogens is 399 g/mol. The first-order valence-electron chi connectivity index (χ1n) is 9.38. The topological polar surface area (TPSA) is 77.2 Å². The average Bonchev–Trinajstić information content (AvgIpc) is 3.17. The van der Waals surface area contributed by atoms with Gasteiger partial charge in [-0.25, -0.2) is 0 Å². The second-order valence-corrected chi connectivity index (χ2v) is 6.42. The normalized spacial score (nSPS) is 11.3. The van der Waals surface area contributed by atoms with Gasteiger partial charge in [0.15, 0.2) is 0 Å². The predicted molar refractivity (Wildman–Crippen MR) is 104 cm³/mol. The van der Waals surface area contributed by atoms with Crippen LogP contribution in [0.3, 0.4) is 0 Å². The molecule has 0 aliphatic rings. The molecule has 158 valence electrons. The number of aromatic nitrogens is 2. The summed E-state index contributed by atoms with van der Waals surface area (Å²) in [4.78, 5) is 16.4. The predicted octanol–water partition coefficient (Wildman–Crippen LogP) is 5.12. The molecule has 0 unspecified atom stereocenters. The van der Waals surface area contributed by atoms with Gasteiger partial charge in [0.2, 0.25) is 17.6 Å². The Bertz CT molecular complexity index is 1000. The summed E-state index contributed by atoms with van der Waals surface area (Å²) in [6.45, 7) is 2.38. The highest BCUT2D eigenvalue weighted by molar-refractivity contribution is 5.90. The molecule has 3 rings (SSSR count). The third-order valence-corrected chi connectivity index (χ3v) is 4.16. The molecule has 1 N–H and O–H groups in total. The molecule has 1 amide bonds. The molecule has 0 saturated heterocycles. The summed E-state index contributed by atoms with van der Waals surface area (Å²) >= 11 is 0. The number of nitrogens with zero attached hydrogens (tertiary/aromatic N) is 2.